The summed E-state index contributed by atoms with van der Waals surface area (Å²) in [7, 11) is -3.18. The van der Waals surface area contributed by atoms with E-state index in [-0.39, 0.29) is 10.9 Å². The zero-order chi connectivity index (χ0) is 15.5. The van der Waals surface area contributed by atoms with Gasteiger partial charge in [-0.2, -0.15) is 0 Å². The van der Waals surface area contributed by atoms with Gasteiger partial charge in [0.2, 0.25) is 0 Å². The minimum absolute atomic E-state index is 0.125. The van der Waals surface area contributed by atoms with E-state index in [1.165, 1.54) is 18.4 Å². The van der Waals surface area contributed by atoms with Crippen molar-refractivity contribution in [1.29, 1.82) is 0 Å². The van der Waals surface area contributed by atoms with E-state index >= 15 is 0 Å². The monoisotopic (exact) mass is 305 g/mol. The first kappa shape index (κ1) is 15.5. The summed E-state index contributed by atoms with van der Waals surface area (Å²) in [4.78, 5) is 0.280. The molecule has 0 saturated carbocycles. The second-order valence-corrected chi connectivity index (χ2v) is 7.19. The molecule has 1 atom stereocenters. The van der Waals surface area contributed by atoms with E-state index in [0.717, 1.165) is 12.0 Å². The molecule has 0 aliphatic carbocycles. The third kappa shape index (κ3) is 4.58. The Morgan fingerprint density at radius 3 is 1.90 bits per heavy atom. The molecule has 0 amide bonds. The van der Waals surface area contributed by atoms with Crippen LogP contribution in [-0.2, 0) is 16.3 Å². The van der Waals surface area contributed by atoms with Gasteiger partial charge in [-0.25, -0.2) is 8.42 Å². The van der Waals surface area contributed by atoms with Crippen LogP contribution in [0.15, 0.2) is 53.4 Å². The van der Waals surface area contributed by atoms with Crippen LogP contribution in [0.5, 0.6) is 11.5 Å². The van der Waals surface area contributed by atoms with Gasteiger partial charge in [-0.15, -0.1) is 0 Å². The SMILES string of the molecule is CC(N)Cc1ccc(Oc2ccc(S(C)(=O)=O)cc2)cc1. The van der Waals surface area contributed by atoms with Crippen LogP contribution in [0.4, 0.5) is 0 Å². The van der Waals surface area contributed by atoms with Gasteiger partial charge in [0.15, 0.2) is 9.84 Å². The molecule has 0 spiro atoms. The number of ether oxygens (including phenoxy) is 1. The second-order valence-electron chi connectivity index (χ2n) is 5.17. The molecule has 0 heterocycles. The summed E-state index contributed by atoms with van der Waals surface area (Å²) in [5, 5.41) is 0. The van der Waals surface area contributed by atoms with Crippen molar-refractivity contribution in [1.82, 2.24) is 0 Å². The summed E-state index contributed by atoms with van der Waals surface area (Å²) >= 11 is 0. The topological polar surface area (TPSA) is 69.4 Å². The number of nitrogens with two attached hydrogens (primary N) is 1. The minimum Gasteiger partial charge on any atom is -0.457 e. The lowest BCUT2D eigenvalue weighted by molar-refractivity contribution is 0.482. The van der Waals surface area contributed by atoms with Gasteiger partial charge < -0.3 is 10.5 Å². The van der Waals surface area contributed by atoms with Crippen LogP contribution in [0.3, 0.4) is 0 Å². The van der Waals surface area contributed by atoms with Crippen molar-refractivity contribution >= 4 is 9.84 Å². The van der Waals surface area contributed by atoms with E-state index in [2.05, 4.69) is 0 Å². The van der Waals surface area contributed by atoms with Gasteiger partial charge in [0.1, 0.15) is 11.5 Å². The van der Waals surface area contributed by atoms with E-state index in [1.807, 2.05) is 31.2 Å². The second kappa shape index (κ2) is 6.28. The highest BCUT2D eigenvalue weighted by Gasteiger charge is 2.07. The standard InChI is InChI=1S/C16H19NO3S/c1-12(17)11-13-3-5-14(6-4-13)20-15-7-9-16(10-8-15)21(2,18)19/h3-10,12H,11,17H2,1-2H3. The molecule has 0 bridgehead atoms. The molecule has 0 aliphatic heterocycles. The highest BCUT2D eigenvalue weighted by atomic mass is 32.2. The maximum atomic E-state index is 11.4. The van der Waals surface area contributed by atoms with Crippen LogP contribution in [0, 0.1) is 0 Å². The van der Waals surface area contributed by atoms with Crippen molar-refractivity contribution in [2.75, 3.05) is 6.26 Å². The van der Waals surface area contributed by atoms with Crippen molar-refractivity contribution < 1.29 is 13.2 Å². The van der Waals surface area contributed by atoms with Gasteiger partial charge in [-0.1, -0.05) is 12.1 Å². The predicted molar refractivity (Wildman–Crippen MR) is 83.4 cm³/mol. The Hall–Kier alpha value is -1.85. The van der Waals surface area contributed by atoms with Crippen molar-refractivity contribution in [3.05, 3.63) is 54.1 Å². The Morgan fingerprint density at radius 1 is 1.00 bits per heavy atom. The highest BCUT2D eigenvalue weighted by molar-refractivity contribution is 7.90. The van der Waals surface area contributed by atoms with Crippen LogP contribution in [-0.4, -0.2) is 20.7 Å². The van der Waals surface area contributed by atoms with Crippen molar-refractivity contribution in [2.45, 2.75) is 24.3 Å². The Bertz CT molecular complexity index is 689. The Morgan fingerprint density at radius 2 is 1.48 bits per heavy atom. The number of sulfone groups is 1. The quantitative estimate of drug-likeness (QED) is 0.922. The molecule has 2 rings (SSSR count). The van der Waals surface area contributed by atoms with Gasteiger partial charge in [-0.3, -0.25) is 0 Å². The molecule has 112 valence electrons. The molecule has 0 aromatic heterocycles. The van der Waals surface area contributed by atoms with Crippen LogP contribution in [0.1, 0.15) is 12.5 Å². The average Bonchev–Trinajstić information content (AvgIpc) is 2.40. The first-order valence-electron chi connectivity index (χ1n) is 6.67. The van der Waals surface area contributed by atoms with Gasteiger partial charge in [0, 0.05) is 12.3 Å². The molecule has 0 saturated heterocycles. The van der Waals surface area contributed by atoms with Gasteiger partial charge in [0.05, 0.1) is 4.90 Å². The third-order valence-corrected chi connectivity index (χ3v) is 4.10. The average molecular weight is 305 g/mol. The Labute approximate surface area is 125 Å². The van der Waals surface area contributed by atoms with Crippen molar-refractivity contribution in [3.63, 3.8) is 0 Å². The van der Waals surface area contributed by atoms with E-state index in [1.54, 1.807) is 12.1 Å². The number of hydrogen-bond donors (Lipinski definition) is 1. The lowest BCUT2D eigenvalue weighted by Gasteiger charge is -2.08. The maximum absolute atomic E-state index is 11.4. The predicted octanol–water partition coefficient (Wildman–Crippen LogP) is 2.77. The molecule has 5 heteroatoms. The van der Waals surface area contributed by atoms with E-state index in [9.17, 15) is 8.42 Å². The third-order valence-electron chi connectivity index (χ3n) is 2.97. The molecule has 1 unspecified atom stereocenters. The highest BCUT2D eigenvalue weighted by Crippen LogP contribution is 2.23. The summed E-state index contributed by atoms with van der Waals surface area (Å²) < 4.78 is 28.4. The Kier molecular flexibility index (Phi) is 4.65. The molecule has 2 N–H and O–H groups in total. The van der Waals surface area contributed by atoms with E-state index in [4.69, 9.17) is 10.5 Å². The molecule has 2 aromatic carbocycles. The van der Waals surface area contributed by atoms with Crippen molar-refractivity contribution in [2.24, 2.45) is 5.73 Å². The first-order chi connectivity index (χ1) is 9.84. The Balaban J connectivity index is 2.08. The minimum atomic E-state index is -3.18. The van der Waals surface area contributed by atoms with Crippen LogP contribution in [0.2, 0.25) is 0 Å². The maximum Gasteiger partial charge on any atom is 0.175 e. The smallest absolute Gasteiger partial charge is 0.175 e. The molecule has 0 radical (unpaired) electrons. The molecule has 4 nitrogen and oxygen atoms in total. The number of benzene rings is 2. The number of hydrogen-bond acceptors (Lipinski definition) is 4. The summed E-state index contributed by atoms with van der Waals surface area (Å²) in [6.07, 6.45) is 2.00. The van der Waals surface area contributed by atoms with Crippen LogP contribution >= 0.6 is 0 Å². The molecule has 2 aromatic rings. The molecule has 0 fully saturated rings. The molecule has 21 heavy (non-hydrogen) atoms. The first-order valence-corrected chi connectivity index (χ1v) is 8.56. The van der Waals surface area contributed by atoms with E-state index < -0.39 is 9.84 Å². The van der Waals surface area contributed by atoms with E-state index in [0.29, 0.717) is 11.5 Å². The van der Waals surface area contributed by atoms with Crippen LogP contribution < -0.4 is 10.5 Å². The zero-order valence-electron chi connectivity index (χ0n) is 12.1. The summed E-state index contributed by atoms with van der Waals surface area (Å²) in [5.74, 6) is 1.30. The van der Waals surface area contributed by atoms with Gasteiger partial charge >= 0.3 is 0 Å². The molecular formula is C16H19NO3S. The van der Waals surface area contributed by atoms with Crippen molar-refractivity contribution in [3.8, 4) is 11.5 Å². The largest absolute Gasteiger partial charge is 0.457 e. The lowest BCUT2D eigenvalue weighted by atomic mass is 10.1. The fraction of sp³-hybridized carbons (Fsp3) is 0.250. The summed E-state index contributed by atoms with van der Waals surface area (Å²) in [5.41, 5.74) is 6.91. The lowest BCUT2D eigenvalue weighted by Crippen LogP contribution is -2.17. The normalized spacial score (nSPS) is 12.9. The zero-order valence-corrected chi connectivity index (χ0v) is 12.9. The van der Waals surface area contributed by atoms with Gasteiger partial charge in [0.25, 0.3) is 0 Å². The molecular weight excluding hydrogens is 286 g/mol. The fourth-order valence-electron chi connectivity index (χ4n) is 1.96. The van der Waals surface area contributed by atoms with Gasteiger partial charge in [-0.05, 0) is 55.3 Å². The summed E-state index contributed by atoms with van der Waals surface area (Å²) in [6, 6.07) is 14.2. The fourth-order valence-corrected chi connectivity index (χ4v) is 2.59. The summed E-state index contributed by atoms with van der Waals surface area (Å²) in [6.45, 7) is 1.97. The van der Waals surface area contributed by atoms with Crippen LogP contribution in [0.25, 0.3) is 0 Å². The molecule has 0 aliphatic rings. The number of rotatable bonds is 5.